The van der Waals surface area contributed by atoms with Crippen molar-refractivity contribution in [1.82, 2.24) is 9.29 Å². The van der Waals surface area contributed by atoms with Crippen LogP contribution in [0.5, 0.6) is 0 Å². The molecule has 0 saturated carbocycles. The van der Waals surface area contributed by atoms with Gasteiger partial charge in [0.2, 0.25) is 0 Å². The molecule has 27 heavy (non-hydrogen) atoms. The molecule has 1 aliphatic rings. The molecule has 3 aromatic rings. The minimum Gasteiger partial charge on any atom is -0.458 e. The Bertz CT molecular complexity index is 1010. The summed E-state index contributed by atoms with van der Waals surface area (Å²) in [6.07, 6.45) is 1.28. The maximum absolute atomic E-state index is 12.7. The summed E-state index contributed by atoms with van der Waals surface area (Å²) >= 11 is 2.69. The third-order valence-corrected chi connectivity index (χ3v) is 8.73. The number of hydrogen-bond donors (Lipinski definition) is 0. The van der Waals surface area contributed by atoms with E-state index in [4.69, 9.17) is 4.74 Å². The molecule has 0 radical (unpaired) electrons. The van der Waals surface area contributed by atoms with Crippen LogP contribution < -0.4 is 0 Å². The van der Waals surface area contributed by atoms with Gasteiger partial charge in [-0.15, -0.1) is 22.7 Å². The Morgan fingerprint density at radius 1 is 1.26 bits per heavy atom. The van der Waals surface area contributed by atoms with Gasteiger partial charge in [-0.3, -0.25) is 4.79 Å². The molecule has 1 aromatic carbocycles. The van der Waals surface area contributed by atoms with Crippen LogP contribution in [0.1, 0.15) is 17.8 Å². The third-order valence-electron chi connectivity index (χ3n) is 4.48. The fourth-order valence-electron chi connectivity index (χ4n) is 3.12. The zero-order valence-corrected chi connectivity index (χ0v) is 16.9. The lowest BCUT2D eigenvalue weighted by Gasteiger charge is -2.30. The van der Waals surface area contributed by atoms with E-state index in [-0.39, 0.29) is 19.1 Å². The Labute approximate surface area is 165 Å². The largest absolute Gasteiger partial charge is 0.458 e. The molecular weight excluding hydrogens is 404 g/mol. The van der Waals surface area contributed by atoms with Crippen LogP contribution in [-0.2, 0) is 26.2 Å². The molecule has 2 aromatic heterocycles. The number of piperidine rings is 1. The Morgan fingerprint density at radius 3 is 2.89 bits per heavy atom. The number of fused-ring (bicyclic) bond motifs is 1. The molecule has 0 aliphatic carbocycles. The molecule has 4 rings (SSSR count). The average Bonchev–Trinajstić information content (AvgIpc) is 3.36. The Morgan fingerprint density at radius 2 is 2.11 bits per heavy atom. The number of carbonyl (C=O) groups is 1. The van der Waals surface area contributed by atoms with E-state index in [0.29, 0.717) is 23.6 Å². The van der Waals surface area contributed by atoms with Crippen LogP contribution in [0.4, 0.5) is 0 Å². The highest BCUT2D eigenvalue weighted by atomic mass is 32.2. The Balaban J connectivity index is 1.40. The predicted octanol–water partition coefficient (Wildman–Crippen LogP) is 3.50. The second-order valence-corrected chi connectivity index (χ2v) is 10.5. The number of hydrogen-bond acceptors (Lipinski definition) is 7. The van der Waals surface area contributed by atoms with Crippen molar-refractivity contribution >= 4 is 48.9 Å². The standard InChI is InChI=1S/C18H18N2O4S3/c21-18(24-12-16-19-14-6-1-2-7-15(14)26-16)13-5-3-9-20(11-13)27(22,23)17-8-4-10-25-17/h1-2,4,6-8,10,13H,3,5,9,11-12H2. The summed E-state index contributed by atoms with van der Waals surface area (Å²) < 4.78 is 33.5. The van der Waals surface area contributed by atoms with Gasteiger partial charge in [-0.2, -0.15) is 4.31 Å². The van der Waals surface area contributed by atoms with E-state index < -0.39 is 15.9 Å². The molecule has 6 nitrogen and oxygen atoms in total. The van der Waals surface area contributed by atoms with Crippen molar-refractivity contribution in [3.63, 3.8) is 0 Å². The summed E-state index contributed by atoms with van der Waals surface area (Å²) in [5.74, 6) is -0.803. The van der Waals surface area contributed by atoms with Gasteiger partial charge in [0.25, 0.3) is 10.0 Å². The van der Waals surface area contributed by atoms with Crippen molar-refractivity contribution < 1.29 is 17.9 Å². The molecule has 9 heteroatoms. The van der Waals surface area contributed by atoms with Gasteiger partial charge in [0.15, 0.2) is 0 Å². The van der Waals surface area contributed by atoms with Crippen LogP contribution in [0, 0.1) is 5.92 Å². The van der Waals surface area contributed by atoms with Gasteiger partial charge in [0, 0.05) is 13.1 Å². The smallest absolute Gasteiger partial charge is 0.310 e. The molecule has 1 saturated heterocycles. The molecule has 1 fully saturated rings. The van der Waals surface area contributed by atoms with Gasteiger partial charge in [-0.25, -0.2) is 13.4 Å². The highest BCUT2D eigenvalue weighted by Crippen LogP contribution is 2.27. The van der Waals surface area contributed by atoms with Gasteiger partial charge in [0.05, 0.1) is 16.1 Å². The number of para-hydroxylation sites is 1. The maximum atomic E-state index is 12.7. The number of benzene rings is 1. The number of ether oxygens (including phenoxy) is 1. The van der Waals surface area contributed by atoms with E-state index in [1.54, 1.807) is 17.5 Å². The number of nitrogens with zero attached hydrogens (tertiary/aromatic N) is 2. The van der Waals surface area contributed by atoms with Crippen LogP contribution in [-0.4, -0.2) is 36.8 Å². The second-order valence-electron chi connectivity index (χ2n) is 6.32. The molecule has 0 N–H and O–H groups in total. The molecule has 0 amide bonds. The number of thiophene rings is 1. The maximum Gasteiger partial charge on any atom is 0.310 e. The van der Waals surface area contributed by atoms with Crippen LogP contribution >= 0.6 is 22.7 Å². The molecule has 1 unspecified atom stereocenters. The third kappa shape index (κ3) is 3.91. The monoisotopic (exact) mass is 422 g/mol. The lowest BCUT2D eigenvalue weighted by atomic mass is 10.0. The quantitative estimate of drug-likeness (QED) is 0.588. The first-order valence-electron chi connectivity index (χ1n) is 8.59. The Hall–Kier alpha value is -1.81. The lowest BCUT2D eigenvalue weighted by molar-refractivity contribution is -0.151. The number of sulfonamides is 1. The van der Waals surface area contributed by atoms with Crippen molar-refractivity contribution in [3.05, 3.63) is 46.8 Å². The molecule has 0 spiro atoms. The molecule has 142 valence electrons. The number of aromatic nitrogens is 1. The van der Waals surface area contributed by atoms with E-state index in [2.05, 4.69) is 4.98 Å². The normalized spacial score (nSPS) is 18.6. The van der Waals surface area contributed by atoms with E-state index >= 15 is 0 Å². The van der Waals surface area contributed by atoms with E-state index in [1.165, 1.54) is 27.0 Å². The molecule has 0 bridgehead atoms. The molecular formula is C18H18N2O4S3. The SMILES string of the molecule is O=C(OCc1nc2ccccc2s1)C1CCCN(S(=O)(=O)c2cccs2)C1. The van der Waals surface area contributed by atoms with Gasteiger partial charge < -0.3 is 4.74 Å². The van der Waals surface area contributed by atoms with E-state index in [1.807, 2.05) is 24.3 Å². The van der Waals surface area contributed by atoms with Crippen LogP contribution in [0.15, 0.2) is 46.0 Å². The zero-order valence-electron chi connectivity index (χ0n) is 14.4. The number of rotatable bonds is 5. The first kappa shape index (κ1) is 18.5. The summed E-state index contributed by atoms with van der Waals surface area (Å²) in [5, 5.41) is 2.48. The van der Waals surface area contributed by atoms with Gasteiger partial charge in [-0.05, 0) is 36.4 Å². The number of thiazole rings is 1. The van der Waals surface area contributed by atoms with Gasteiger partial charge >= 0.3 is 5.97 Å². The van der Waals surface area contributed by atoms with Crippen molar-refractivity contribution in [2.75, 3.05) is 13.1 Å². The van der Waals surface area contributed by atoms with Crippen LogP contribution in [0.3, 0.4) is 0 Å². The average molecular weight is 423 g/mol. The molecule has 1 atom stereocenters. The minimum absolute atomic E-state index is 0.117. The van der Waals surface area contributed by atoms with Gasteiger partial charge in [0.1, 0.15) is 15.8 Å². The highest BCUT2D eigenvalue weighted by Gasteiger charge is 2.34. The summed E-state index contributed by atoms with van der Waals surface area (Å²) in [6, 6.07) is 11.1. The second kappa shape index (κ2) is 7.67. The van der Waals surface area contributed by atoms with Crippen molar-refractivity contribution in [1.29, 1.82) is 0 Å². The summed E-state index contributed by atoms with van der Waals surface area (Å²) in [5.41, 5.74) is 0.888. The highest BCUT2D eigenvalue weighted by molar-refractivity contribution is 7.91. The summed E-state index contributed by atoms with van der Waals surface area (Å²) in [4.78, 5) is 16.9. The zero-order chi connectivity index (χ0) is 18.9. The fraction of sp³-hybridized carbons (Fsp3) is 0.333. The van der Waals surface area contributed by atoms with Crippen LogP contribution in [0.2, 0.25) is 0 Å². The van der Waals surface area contributed by atoms with Crippen LogP contribution in [0.25, 0.3) is 10.2 Å². The lowest BCUT2D eigenvalue weighted by Crippen LogP contribution is -2.42. The van der Waals surface area contributed by atoms with Crippen molar-refractivity contribution in [3.8, 4) is 0 Å². The predicted molar refractivity (Wildman–Crippen MR) is 105 cm³/mol. The van der Waals surface area contributed by atoms with Crippen molar-refractivity contribution in [2.45, 2.75) is 23.7 Å². The first-order valence-corrected chi connectivity index (χ1v) is 11.7. The number of esters is 1. The van der Waals surface area contributed by atoms with E-state index in [9.17, 15) is 13.2 Å². The Kier molecular flexibility index (Phi) is 5.27. The van der Waals surface area contributed by atoms with Crippen molar-refractivity contribution in [2.24, 2.45) is 5.92 Å². The fourth-order valence-corrected chi connectivity index (χ4v) is 6.67. The molecule has 3 heterocycles. The minimum atomic E-state index is -3.54. The van der Waals surface area contributed by atoms with E-state index in [0.717, 1.165) is 15.2 Å². The number of carbonyl (C=O) groups excluding carboxylic acids is 1. The first-order chi connectivity index (χ1) is 13.0. The molecule has 1 aliphatic heterocycles. The summed E-state index contributed by atoms with van der Waals surface area (Å²) in [6.45, 7) is 0.715. The van der Waals surface area contributed by atoms with Gasteiger partial charge in [-0.1, -0.05) is 18.2 Å². The summed E-state index contributed by atoms with van der Waals surface area (Å²) in [7, 11) is -3.54. The topological polar surface area (TPSA) is 76.6 Å².